The average molecular weight is 321 g/mol. The van der Waals surface area contributed by atoms with Gasteiger partial charge in [-0.25, -0.2) is 15.0 Å². The fraction of sp³-hybridized carbons (Fsp3) is 0.0769. The van der Waals surface area contributed by atoms with E-state index in [0.29, 0.717) is 0 Å². The van der Waals surface area contributed by atoms with Crippen LogP contribution in [0.25, 0.3) is 17.0 Å². The van der Waals surface area contributed by atoms with Gasteiger partial charge < -0.3 is 11.5 Å². The fourth-order valence-electron chi connectivity index (χ4n) is 2.09. The van der Waals surface area contributed by atoms with Crippen molar-refractivity contribution in [2.24, 2.45) is 10.7 Å². The minimum absolute atomic E-state index is 0.0285. The first-order valence-corrected chi connectivity index (χ1v) is 6.34. The number of alkyl halides is 3. The predicted molar refractivity (Wildman–Crippen MR) is 78.0 cm³/mol. The van der Waals surface area contributed by atoms with Crippen molar-refractivity contribution in [1.82, 2.24) is 19.6 Å². The zero-order chi connectivity index (χ0) is 16.6. The molecule has 1 aromatic carbocycles. The Hall–Kier alpha value is -3.17. The molecule has 23 heavy (non-hydrogen) atoms. The monoisotopic (exact) mass is 321 g/mol. The molecule has 3 rings (SSSR count). The van der Waals surface area contributed by atoms with Crippen LogP contribution in [0.4, 0.5) is 24.8 Å². The standard InChI is InChI=1S/C13H10F3N7/c14-13(15,16)8-4-2-1-3-7(8)10-21-11-9(20-6-17)5-19-12(18)23(11)22-10/h1-6H,(H2,17,20)(H2,18,19). The van der Waals surface area contributed by atoms with Crippen molar-refractivity contribution in [3.05, 3.63) is 36.0 Å². The van der Waals surface area contributed by atoms with Crippen LogP contribution in [0.2, 0.25) is 0 Å². The number of hydrogen-bond donors (Lipinski definition) is 2. The van der Waals surface area contributed by atoms with E-state index in [9.17, 15) is 13.2 Å². The van der Waals surface area contributed by atoms with Gasteiger partial charge in [0.2, 0.25) is 5.95 Å². The van der Waals surface area contributed by atoms with Gasteiger partial charge in [0.25, 0.3) is 0 Å². The summed E-state index contributed by atoms with van der Waals surface area (Å²) in [5.74, 6) is -0.162. The summed E-state index contributed by atoms with van der Waals surface area (Å²) in [6.07, 6.45) is -2.20. The lowest BCUT2D eigenvalue weighted by molar-refractivity contribution is -0.137. The van der Waals surface area contributed by atoms with Crippen molar-refractivity contribution in [1.29, 1.82) is 0 Å². The van der Waals surface area contributed by atoms with Gasteiger partial charge in [0.15, 0.2) is 11.5 Å². The molecular formula is C13H10F3N7. The van der Waals surface area contributed by atoms with Gasteiger partial charge in [0, 0.05) is 5.56 Å². The highest BCUT2D eigenvalue weighted by atomic mass is 19.4. The fourth-order valence-corrected chi connectivity index (χ4v) is 2.09. The molecule has 0 atom stereocenters. The highest BCUT2D eigenvalue weighted by Crippen LogP contribution is 2.36. The highest BCUT2D eigenvalue weighted by Gasteiger charge is 2.34. The normalized spacial score (nSPS) is 12.3. The number of nitrogen functional groups attached to an aromatic ring is 1. The molecule has 0 unspecified atom stereocenters. The summed E-state index contributed by atoms with van der Waals surface area (Å²) in [5.41, 5.74) is 10.3. The van der Waals surface area contributed by atoms with E-state index < -0.39 is 11.7 Å². The molecule has 0 saturated carbocycles. The first kappa shape index (κ1) is 14.8. The molecule has 4 N–H and O–H groups in total. The molecular weight excluding hydrogens is 311 g/mol. The number of aromatic nitrogens is 4. The van der Waals surface area contributed by atoms with E-state index >= 15 is 0 Å². The van der Waals surface area contributed by atoms with E-state index in [1.54, 1.807) is 0 Å². The molecule has 0 spiro atoms. The number of fused-ring (bicyclic) bond motifs is 1. The van der Waals surface area contributed by atoms with Crippen molar-refractivity contribution < 1.29 is 13.2 Å². The summed E-state index contributed by atoms with van der Waals surface area (Å²) in [5, 5.41) is 4.00. The van der Waals surface area contributed by atoms with E-state index in [-0.39, 0.29) is 28.7 Å². The molecule has 0 aliphatic heterocycles. The maximum Gasteiger partial charge on any atom is 0.417 e. The lowest BCUT2D eigenvalue weighted by Crippen LogP contribution is -2.07. The molecule has 3 aromatic rings. The lowest BCUT2D eigenvalue weighted by Gasteiger charge is -2.09. The van der Waals surface area contributed by atoms with Gasteiger partial charge in [-0.05, 0) is 6.07 Å². The van der Waals surface area contributed by atoms with Crippen LogP contribution in [-0.2, 0) is 6.18 Å². The number of halogens is 3. The maximum absolute atomic E-state index is 13.1. The number of hydrogen-bond acceptors (Lipinski definition) is 5. The Kier molecular flexibility index (Phi) is 3.36. The zero-order valence-corrected chi connectivity index (χ0v) is 11.5. The smallest absolute Gasteiger partial charge is 0.390 e. The SMILES string of the molecule is NC=Nc1cnc(N)n2nc(-c3ccccc3C(F)(F)F)nc12. The van der Waals surface area contributed by atoms with E-state index in [1.165, 1.54) is 24.4 Å². The second-order valence-corrected chi connectivity index (χ2v) is 4.49. The topological polar surface area (TPSA) is 107 Å². The van der Waals surface area contributed by atoms with Crippen molar-refractivity contribution in [2.45, 2.75) is 6.18 Å². The summed E-state index contributed by atoms with van der Waals surface area (Å²) in [6.45, 7) is 0. The van der Waals surface area contributed by atoms with Gasteiger partial charge in [-0.2, -0.15) is 17.7 Å². The predicted octanol–water partition coefficient (Wildman–Crippen LogP) is 2.01. The second-order valence-electron chi connectivity index (χ2n) is 4.49. The molecule has 0 radical (unpaired) electrons. The number of nitrogens with zero attached hydrogens (tertiary/aromatic N) is 5. The van der Waals surface area contributed by atoms with Crippen LogP contribution >= 0.6 is 0 Å². The Morgan fingerprint density at radius 3 is 2.65 bits per heavy atom. The van der Waals surface area contributed by atoms with Crippen molar-refractivity contribution in [3.63, 3.8) is 0 Å². The van der Waals surface area contributed by atoms with Crippen LogP contribution in [0, 0.1) is 0 Å². The molecule has 2 heterocycles. The van der Waals surface area contributed by atoms with Gasteiger partial charge in [-0.1, -0.05) is 18.2 Å². The summed E-state index contributed by atoms with van der Waals surface area (Å²) >= 11 is 0. The molecule has 0 aliphatic rings. The third-order valence-electron chi connectivity index (χ3n) is 3.06. The Balaban J connectivity index is 2.27. The number of nitrogens with two attached hydrogens (primary N) is 2. The Bertz CT molecular complexity index is 898. The second kappa shape index (κ2) is 5.23. The van der Waals surface area contributed by atoms with Gasteiger partial charge in [0.1, 0.15) is 5.69 Å². The third kappa shape index (κ3) is 2.54. The van der Waals surface area contributed by atoms with Crippen LogP contribution < -0.4 is 11.5 Å². The first-order valence-electron chi connectivity index (χ1n) is 6.34. The number of rotatable bonds is 2. The van der Waals surface area contributed by atoms with Crippen molar-refractivity contribution >= 4 is 23.6 Å². The van der Waals surface area contributed by atoms with Gasteiger partial charge >= 0.3 is 6.18 Å². The van der Waals surface area contributed by atoms with E-state index in [2.05, 4.69) is 20.1 Å². The molecule has 0 bridgehead atoms. The van der Waals surface area contributed by atoms with Crippen LogP contribution in [0.5, 0.6) is 0 Å². The Labute approximate surface area is 127 Å². The molecule has 10 heteroatoms. The quantitative estimate of drug-likeness (QED) is 0.554. The zero-order valence-electron chi connectivity index (χ0n) is 11.5. The summed E-state index contributed by atoms with van der Waals surface area (Å²) < 4.78 is 40.5. The summed E-state index contributed by atoms with van der Waals surface area (Å²) in [7, 11) is 0. The van der Waals surface area contributed by atoms with E-state index in [4.69, 9.17) is 11.5 Å². The molecule has 0 amide bonds. The minimum atomic E-state index is -4.53. The Morgan fingerprint density at radius 1 is 1.22 bits per heavy atom. The molecule has 0 aliphatic carbocycles. The maximum atomic E-state index is 13.1. The Morgan fingerprint density at radius 2 is 1.96 bits per heavy atom. The van der Waals surface area contributed by atoms with Crippen molar-refractivity contribution in [2.75, 3.05) is 5.73 Å². The average Bonchev–Trinajstić information content (AvgIpc) is 2.96. The number of aliphatic imine (C=N–C) groups is 1. The molecule has 0 fully saturated rings. The van der Waals surface area contributed by atoms with Crippen LogP contribution in [-0.4, -0.2) is 25.9 Å². The molecule has 7 nitrogen and oxygen atoms in total. The van der Waals surface area contributed by atoms with Crippen LogP contribution in [0.3, 0.4) is 0 Å². The van der Waals surface area contributed by atoms with Gasteiger partial charge in [-0.15, -0.1) is 5.10 Å². The van der Waals surface area contributed by atoms with Crippen LogP contribution in [0.1, 0.15) is 5.56 Å². The summed E-state index contributed by atoms with van der Waals surface area (Å²) in [6, 6.07) is 5.01. The van der Waals surface area contributed by atoms with Crippen LogP contribution in [0.15, 0.2) is 35.5 Å². The number of benzene rings is 1. The number of anilines is 1. The molecule has 118 valence electrons. The molecule has 2 aromatic heterocycles. The lowest BCUT2D eigenvalue weighted by atomic mass is 10.1. The largest absolute Gasteiger partial charge is 0.417 e. The van der Waals surface area contributed by atoms with E-state index in [0.717, 1.165) is 16.9 Å². The minimum Gasteiger partial charge on any atom is -0.390 e. The third-order valence-corrected chi connectivity index (χ3v) is 3.06. The first-order chi connectivity index (χ1) is 10.9. The van der Waals surface area contributed by atoms with Crippen molar-refractivity contribution in [3.8, 4) is 11.4 Å². The highest BCUT2D eigenvalue weighted by molar-refractivity contribution is 5.73. The summed E-state index contributed by atoms with van der Waals surface area (Å²) in [4.78, 5) is 11.8. The van der Waals surface area contributed by atoms with Gasteiger partial charge in [0.05, 0.1) is 18.1 Å². The molecule has 0 saturated heterocycles. The van der Waals surface area contributed by atoms with Gasteiger partial charge in [-0.3, -0.25) is 0 Å². The van der Waals surface area contributed by atoms with E-state index in [1.807, 2.05) is 0 Å².